The molecule has 166 valence electrons. The SMILES string of the molecule is COC(=O)c1ccc(NS(=O)(=O)c2ccc(O[C@@H](C)C(=O)N3CCOCC3)cc2)cc1. The molecular formula is C21H24N2O7S. The van der Waals surface area contributed by atoms with Crippen molar-refractivity contribution in [3.8, 4) is 5.75 Å². The van der Waals surface area contributed by atoms with Crippen molar-refractivity contribution in [1.29, 1.82) is 0 Å². The van der Waals surface area contributed by atoms with E-state index in [1.54, 1.807) is 11.8 Å². The Hall–Kier alpha value is -3.11. The molecule has 10 heteroatoms. The maximum Gasteiger partial charge on any atom is 0.337 e. The first-order chi connectivity index (χ1) is 14.8. The lowest BCUT2D eigenvalue weighted by molar-refractivity contribution is -0.142. The molecule has 1 N–H and O–H groups in total. The number of amides is 1. The lowest BCUT2D eigenvalue weighted by Crippen LogP contribution is -2.46. The highest BCUT2D eigenvalue weighted by Crippen LogP contribution is 2.21. The van der Waals surface area contributed by atoms with Gasteiger partial charge in [0, 0.05) is 18.8 Å². The largest absolute Gasteiger partial charge is 0.481 e. The van der Waals surface area contributed by atoms with E-state index in [9.17, 15) is 18.0 Å². The van der Waals surface area contributed by atoms with Gasteiger partial charge in [0.2, 0.25) is 0 Å². The number of sulfonamides is 1. The summed E-state index contributed by atoms with van der Waals surface area (Å²) in [6.07, 6.45) is -0.702. The minimum atomic E-state index is -3.84. The van der Waals surface area contributed by atoms with Crippen LogP contribution in [0.3, 0.4) is 0 Å². The number of methoxy groups -OCH3 is 1. The Balaban J connectivity index is 1.62. The second kappa shape index (κ2) is 9.80. The molecule has 0 radical (unpaired) electrons. The van der Waals surface area contributed by atoms with Gasteiger partial charge in [-0.15, -0.1) is 0 Å². The number of hydrogen-bond acceptors (Lipinski definition) is 7. The van der Waals surface area contributed by atoms with E-state index in [0.29, 0.717) is 43.3 Å². The highest BCUT2D eigenvalue weighted by Gasteiger charge is 2.24. The number of ether oxygens (including phenoxy) is 3. The molecular weight excluding hydrogens is 424 g/mol. The first-order valence-corrected chi connectivity index (χ1v) is 11.1. The van der Waals surface area contributed by atoms with Gasteiger partial charge in [-0.2, -0.15) is 0 Å². The van der Waals surface area contributed by atoms with Crippen molar-refractivity contribution >= 4 is 27.6 Å². The van der Waals surface area contributed by atoms with Gasteiger partial charge in [-0.3, -0.25) is 9.52 Å². The van der Waals surface area contributed by atoms with Gasteiger partial charge in [0.05, 0.1) is 30.8 Å². The van der Waals surface area contributed by atoms with E-state index in [4.69, 9.17) is 9.47 Å². The van der Waals surface area contributed by atoms with Crippen molar-refractivity contribution in [3.05, 3.63) is 54.1 Å². The smallest absolute Gasteiger partial charge is 0.337 e. The lowest BCUT2D eigenvalue weighted by atomic mass is 10.2. The first-order valence-electron chi connectivity index (χ1n) is 9.64. The number of carbonyl (C=O) groups excluding carboxylic acids is 2. The van der Waals surface area contributed by atoms with E-state index in [1.165, 1.54) is 55.6 Å². The second-order valence-corrected chi connectivity index (χ2v) is 8.53. The molecule has 2 aromatic rings. The quantitative estimate of drug-likeness (QED) is 0.644. The molecule has 0 spiro atoms. The highest BCUT2D eigenvalue weighted by atomic mass is 32.2. The van der Waals surface area contributed by atoms with Crippen molar-refractivity contribution in [2.75, 3.05) is 38.1 Å². The first kappa shape index (κ1) is 22.6. The van der Waals surface area contributed by atoms with Crippen LogP contribution >= 0.6 is 0 Å². The Morgan fingerprint density at radius 3 is 2.23 bits per heavy atom. The zero-order valence-corrected chi connectivity index (χ0v) is 18.1. The van der Waals surface area contributed by atoms with Crippen molar-refractivity contribution in [3.63, 3.8) is 0 Å². The Morgan fingerprint density at radius 1 is 1.03 bits per heavy atom. The molecule has 9 nitrogen and oxygen atoms in total. The van der Waals surface area contributed by atoms with E-state index in [0.717, 1.165) is 0 Å². The lowest BCUT2D eigenvalue weighted by Gasteiger charge is -2.29. The average molecular weight is 448 g/mol. The summed E-state index contributed by atoms with van der Waals surface area (Å²) in [7, 11) is -2.57. The number of nitrogens with zero attached hydrogens (tertiary/aromatic N) is 1. The van der Waals surface area contributed by atoms with Crippen LogP contribution in [-0.2, 0) is 24.3 Å². The summed E-state index contributed by atoms with van der Waals surface area (Å²) < 4.78 is 43.2. The fourth-order valence-corrected chi connectivity index (χ4v) is 4.06. The summed E-state index contributed by atoms with van der Waals surface area (Å²) >= 11 is 0. The van der Waals surface area contributed by atoms with Crippen molar-refractivity contribution in [2.45, 2.75) is 17.9 Å². The predicted octanol–water partition coefficient (Wildman–Crippen LogP) is 1.90. The summed E-state index contributed by atoms with van der Waals surface area (Å²) in [6.45, 7) is 3.71. The molecule has 1 atom stereocenters. The van der Waals surface area contributed by atoms with Crippen LogP contribution in [0.15, 0.2) is 53.4 Å². The molecule has 1 amide bonds. The van der Waals surface area contributed by atoms with Crippen LogP contribution in [0, 0.1) is 0 Å². The number of morpholine rings is 1. The van der Waals surface area contributed by atoms with Gasteiger partial charge >= 0.3 is 5.97 Å². The Labute approximate surface area is 181 Å². The number of hydrogen-bond donors (Lipinski definition) is 1. The van der Waals surface area contributed by atoms with Crippen molar-refractivity contribution in [2.24, 2.45) is 0 Å². The van der Waals surface area contributed by atoms with E-state index < -0.39 is 22.1 Å². The summed E-state index contributed by atoms with van der Waals surface area (Å²) in [4.78, 5) is 25.6. The van der Waals surface area contributed by atoms with Crippen LogP contribution < -0.4 is 9.46 Å². The Bertz CT molecular complexity index is 1010. The summed E-state index contributed by atoms with van der Waals surface area (Å²) in [5.41, 5.74) is 0.616. The molecule has 0 saturated carbocycles. The van der Waals surface area contributed by atoms with Gasteiger partial charge in [0.1, 0.15) is 5.75 Å². The second-order valence-electron chi connectivity index (χ2n) is 6.84. The highest BCUT2D eigenvalue weighted by molar-refractivity contribution is 7.92. The van der Waals surface area contributed by atoms with Crippen LogP contribution in [0.1, 0.15) is 17.3 Å². The normalized spacial score (nSPS) is 15.1. The molecule has 1 aliphatic rings. The average Bonchev–Trinajstić information content (AvgIpc) is 2.79. The van der Waals surface area contributed by atoms with Crippen LogP contribution in [-0.4, -0.2) is 64.7 Å². The van der Waals surface area contributed by atoms with Crippen LogP contribution in [0.4, 0.5) is 5.69 Å². The summed E-state index contributed by atoms with van der Waals surface area (Å²) in [5, 5.41) is 0. The molecule has 0 aliphatic carbocycles. The number of carbonyl (C=O) groups is 2. The molecule has 2 aromatic carbocycles. The molecule has 31 heavy (non-hydrogen) atoms. The third kappa shape index (κ3) is 5.74. The number of esters is 1. The van der Waals surface area contributed by atoms with Gasteiger partial charge in [0.25, 0.3) is 15.9 Å². The van der Waals surface area contributed by atoms with Crippen molar-refractivity contribution < 1.29 is 32.2 Å². The maximum atomic E-state index is 12.6. The fourth-order valence-electron chi connectivity index (χ4n) is 3.00. The molecule has 0 aromatic heterocycles. The minimum Gasteiger partial charge on any atom is -0.481 e. The molecule has 0 unspecified atom stereocenters. The van der Waals surface area contributed by atoms with Crippen LogP contribution in [0.25, 0.3) is 0 Å². The topological polar surface area (TPSA) is 111 Å². The third-order valence-electron chi connectivity index (χ3n) is 4.68. The number of nitrogens with one attached hydrogen (secondary N) is 1. The molecule has 1 saturated heterocycles. The van der Waals surface area contributed by atoms with Gasteiger partial charge in [-0.05, 0) is 55.5 Å². The fraction of sp³-hybridized carbons (Fsp3) is 0.333. The van der Waals surface area contributed by atoms with Gasteiger partial charge in [0.15, 0.2) is 6.10 Å². The number of benzene rings is 2. The zero-order valence-electron chi connectivity index (χ0n) is 17.2. The van der Waals surface area contributed by atoms with Crippen molar-refractivity contribution in [1.82, 2.24) is 4.90 Å². The van der Waals surface area contributed by atoms with E-state index >= 15 is 0 Å². The molecule has 1 heterocycles. The number of rotatable bonds is 7. The monoisotopic (exact) mass is 448 g/mol. The molecule has 3 rings (SSSR count). The Morgan fingerprint density at radius 2 is 1.65 bits per heavy atom. The summed E-state index contributed by atoms with van der Waals surface area (Å²) in [5.74, 6) is -0.265. The molecule has 1 aliphatic heterocycles. The van der Waals surface area contributed by atoms with E-state index in [-0.39, 0.29) is 10.8 Å². The standard InChI is InChI=1S/C21H24N2O7S/c1-15(20(24)23-11-13-29-14-12-23)30-18-7-9-19(10-8-18)31(26,27)22-17-5-3-16(4-6-17)21(25)28-2/h3-10,15,22H,11-14H2,1-2H3/t15-/m0/s1. The Kier molecular flexibility index (Phi) is 7.13. The molecule has 0 bridgehead atoms. The van der Waals surface area contributed by atoms with Crippen LogP contribution in [0.5, 0.6) is 5.75 Å². The van der Waals surface area contributed by atoms with Gasteiger partial charge in [-0.1, -0.05) is 0 Å². The van der Waals surface area contributed by atoms with Gasteiger partial charge in [-0.25, -0.2) is 13.2 Å². The zero-order chi connectivity index (χ0) is 22.4. The molecule has 1 fully saturated rings. The van der Waals surface area contributed by atoms with E-state index in [1.807, 2.05) is 0 Å². The third-order valence-corrected chi connectivity index (χ3v) is 6.07. The number of anilines is 1. The van der Waals surface area contributed by atoms with Crippen LogP contribution in [0.2, 0.25) is 0 Å². The summed E-state index contributed by atoms with van der Waals surface area (Å²) in [6, 6.07) is 11.7. The minimum absolute atomic E-state index is 0.0315. The predicted molar refractivity (Wildman–Crippen MR) is 113 cm³/mol. The van der Waals surface area contributed by atoms with Gasteiger partial charge < -0.3 is 19.1 Å². The maximum absolute atomic E-state index is 12.6. The van der Waals surface area contributed by atoms with E-state index in [2.05, 4.69) is 9.46 Å².